The summed E-state index contributed by atoms with van der Waals surface area (Å²) in [6, 6.07) is 1.19. The van der Waals surface area contributed by atoms with Crippen molar-refractivity contribution < 1.29 is 4.21 Å². The van der Waals surface area contributed by atoms with Gasteiger partial charge in [-0.1, -0.05) is 32.4 Å². The highest BCUT2D eigenvalue weighted by Gasteiger charge is 2.64. The molecule has 0 aromatic carbocycles. The van der Waals surface area contributed by atoms with Gasteiger partial charge in [-0.05, 0) is 119 Å². The molecular formula is C29H51N3OS. The molecule has 1 spiro atoms. The van der Waals surface area contributed by atoms with Crippen molar-refractivity contribution in [3.63, 3.8) is 0 Å². The molecule has 5 rings (SSSR count). The second-order valence-electron chi connectivity index (χ2n) is 13.5. The number of hydrogen-bond acceptors (Lipinski definition) is 3. The Hall–Kier alpha value is -0.230. The summed E-state index contributed by atoms with van der Waals surface area (Å²) in [5.74, 6) is 4.19. The van der Waals surface area contributed by atoms with Crippen LogP contribution in [0.4, 0.5) is 0 Å². The standard InChI is InChI=1S/C29H51N3OS/c1-19(2)16-27(30-5)34(33)32(7)22-12-14-28(4)21(17-22)8-9-23-25(28)13-15-29-18-31(6)20(3)24(29)10-11-26(23)29/h8,19-20,22-27,30H,9-18H2,1-7H3/t20-,22-,23+,24+,25?,26-,27-,28-,29-,34?/m0/s1. The van der Waals surface area contributed by atoms with Crippen molar-refractivity contribution in [2.75, 3.05) is 27.7 Å². The largest absolute Gasteiger partial charge is 0.305 e. The van der Waals surface area contributed by atoms with Gasteiger partial charge < -0.3 is 10.2 Å². The van der Waals surface area contributed by atoms with Gasteiger partial charge in [-0.15, -0.1) is 0 Å². The fourth-order valence-electron chi connectivity index (χ4n) is 9.83. The van der Waals surface area contributed by atoms with Crippen LogP contribution < -0.4 is 5.32 Å². The number of fused-ring (bicyclic) bond motifs is 4. The van der Waals surface area contributed by atoms with E-state index in [0.717, 1.165) is 42.6 Å². The van der Waals surface area contributed by atoms with E-state index in [1.807, 2.05) is 7.05 Å². The van der Waals surface area contributed by atoms with Crippen molar-refractivity contribution in [2.45, 2.75) is 103 Å². The topological polar surface area (TPSA) is 35.6 Å². The van der Waals surface area contributed by atoms with E-state index in [-0.39, 0.29) is 5.37 Å². The molecule has 0 bridgehead atoms. The van der Waals surface area contributed by atoms with Crippen molar-refractivity contribution in [1.82, 2.24) is 14.5 Å². The van der Waals surface area contributed by atoms with Crippen LogP contribution in [0.25, 0.3) is 0 Å². The van der Waals surface area contributed by atoms with Gasteiger partial charge in [-0.3, -0.25) is 0 Å². The fourth-order valence-corrected chi connectivity index (χ4v) is 11.5. The van der Waals surface area contributed by atoms with Crippen molar-refractivity contribution >= 4 is 11.0 Å². The first-order valence-electron chi connectivity index (χ1n) is 14.3. The first-order valence-corrected chi connectivity index (χ1v) is 15.5. The molecule has 5 aliphatic rings. The second kappa shape index (κ2) is 9.26. The van der Waals surface area contributed by atoms with Gasteiger partial charge in [0.25, 0.3) is 0 Å². The van der Waals surface area contributed by atoms with Crippen LogP contribution in [0.3, 0.4) is 0 Å². The molecule has 1 aliphatic heterocycles. The number of allylic oxidation sites excluding steroid dienone is 1. The quantitative estimate of drug-likeness (QED) is 0.505. The molecule has 194 valence electrons. The maximum atomic E-state index is 13.4. The Morgan fingerprint density at radius 3 is 2.62 bits per heavy atom. The molecule has 0 amide bonds. The van der Waals surface area contributed by atoms with E-state index in [4.69, 9.17) is 0 Å². The molecule has 2 unspecified atom stereocenters. The van der Waals surface area contributed by atoms with Crippen molar-refractivity contribution in [2.24, 2.45) is 40.4 Å². The molecule has 0 aromatic rings. The van der Waals surface area contributed by atoms with E-state index in [2.05, 4.69) is 62.4 Å². The molecule has 1 heterocycles. The zero-order chi connectivity index (χ0) is 24.4. The second-order valence-corrected chi connectivity index (χ2v) is 15.2. The number of hydrogen-bond donors (Lipinski definition) is 1. The Morgan fingerprint density at radius 2 is 1.91 bits per heavy atom. The first kappa shape index (κ1) is 25.4. The van der Waals surface area contributed by atoms with E-state index < -0.39 is 11.0 Å². The molecular weight excluding hydrogens is 438 g/mol. The SMILES string of the molecule is CN[C@H](CC(C)C)S(=O)N(C)[C@H]1CC[C@@]2(C)C(=CC[C@@H]3C2CC[C@]24CN(C)[C@@H](C)[C@H]2CC[C@@H]34)C1. The Morgan fingerprint density at radius 1 is 1.18 bits per heavy atom. The van der Waals surface area contributed by atoms with Gasteiger partial charge in [-0.25, -0.2) is 8.51 Å². The summed E-state index contributed by atoms with van der Waals surface area (Å²) in [7, 11) is 5.48. The zero-order valence-electron chi connectivity index (χ0n) is 23.0. The van der Waals surface area contributed by atoms with Crippen LogP contribution in [0.2, 0.25) is 0 Å². The average molecular weight is 490 g/mol. The van der Waals surface area contributed by atoms with Gasteiger partial charge in [0, 0.05) is 25.7 Å². The van der Waals surface area contributed by atoms with Gasteiger partial charge in [0.2, 0.25) is 0 Å². The predicted molar refractivity (Wildman–Crippen MR) is 144 cm³/mol. The maximum absolute atomic E-state index is 13.4. The van der Waals surface area contributed by atoms with Gasteiger partial charge in [0.1, 0.15) is 11.0 Å². The molecule has 3 saturated carbocycles. The molecule has 10 atom stereocenters. The first-order chi connectivity index (χ1) is 16.1. The van der Waals surface area contributed by atoms with Gasteiger partial charge in [0.05, 0.1) is 5.37 Å². The summed E-state index contributed by atoms with van der Waals surface area (Å²) < 4.78 is 15.6. The Balaban J connectivity index is 1.32. The number of nitrogens with one attached hydrogen (secondary N) is 1. The van der Waals surface area contributed by atoms with Crippen molar-refractivity contribution in [1.29, 1.82) is 0 Å². The molecule has 4 nitrogen and oxygen atoms in total. The summed E-state index contributed by atoms with van der Waals surface area (Å²) in [6.45, 7) is 10.9. The lowest BCUT2D eigenvalue weighted by Gasteiger charge is -2.58. The van der Waals surface area contributed by atoms with Crippen LogP contribution >= 0.6 is 0 Å². The molecule has 5 heteroatoms. The molecule has 0 aromatic heterocycles. The van der Waals surface area contributed by atoms with Crippen molar-refractivity contribution in [3.8, 4) is 0 Å². The van der Waals surface area contributed by atoms with Crippen LogP contribution in [-0.2, 0) is 11.0 Å². The zero-order valence-corrected chi connectivity index (χ0v) is 23.8. The third kappa shape index (κ3) is 3.82. The Kier molecular flexibility index (Phi) is 6.92. The predicted octanol–water partition coefficient (Wildman–Crippen LogP) is 5.44. The van der Waals surface area contributed by atoms with Gasteiger partial charge in [-0.2, -0.15) is 0 Å². The molecule has 0 radical (unpaired) electrons. The maximum Gasteiger partial charge on any atom is 0.112 e. The molecule has 1 N–H and O–H groups in total. The third-order valence-corrected chi connectivity index (χ3v) is 13.5. The Labute approximate surface area is 212 Å². The summed E-state index contributed by atoms with van der Waals surface area (Å²) >= 11 is 0. The molecule has 1 saturated heterocycles. The minimum Gasteiger partial charge on any atom is -0.305 e. The number of likely N-dealkylation sites (tertiary alicyclic amines) is 1. The lowest BCUT2D eigenvalue weighted by atomic mass is 9.47. The van der Waals surface area contributed by atoms with E-state index >= 15 is 0 Å². The monoisotopic (exact) mass is 489 g/mol. The van der Waals surface area contributed by atoms with E-state index in [1.54, 1.807) is 5.57 Å². The number of rotatable bonds is 6. The van der Waals surface area contributed by atoms with Crippen LogP contribution in [0, 0.1) is 40.4 Å². The fraction of sp³-hybridized carbons (Fsp3) is 0.931. The minimum absolute atomic E-state index is 0.0554. The van der Waals surface area contributed by atoms with E-state index in [9.17, 15) is 4.21 Å². The number of nitrogens with zero attached hydrogens (tertiary/aromatic N) is 2. The minimum atomic E-state index is -0.978. The molecule has 4 aliphatic carbocycles. The third-order valence-electron chi connectivity index (χ3n) is 11.7. The lowest BCUT2D eigenvalue weighted by Crippen LogP contribution is -2.53. The molecule has 4 fully saturated rings. The normalized spacial score (nSPS) is 46.0. The summed E-state index contributed by atoms with van der Waals surface area (Å²) in [5.41, 5.74) is 2.70. The van der Waals surface area contributed by atoms with Gasteiger partial charge >= 0.3 is 0 Å². The summed E-state index contributed by atoms with van der Waals surface area (Å²) in [5, 5.41) is 3.39. The smallest absolute Gasteiger partial charge is 0.112 e. The van der Waals surface area contributed by atoms with Crippen LogP contribution in [0.5, 0.6) is 0 Å². The molecule has 34 heavy (non-hydrogen) atoms. The lowest BCUT2D eigenvalue weighted by molar-refractivity contribution is -0.0418. The highest BCUT2D eigenvalue weighted by Crippen LogP contribution is 2.68. The van der Waals surface area contributed by atoms with Crippen molar-refractivity contribution in [3.05, 3.63) is 11.6 Å². The average Bonchev–Trinajstić information content (AvgIpc) is 3.29. The van der Waals surface area contributed by atoms with Gasteiger partial charge in [0.15, 0.2) is 0 Å². The summed E-state index contributed by atoms with van der Waals surface area (Å²) in [6.07, 6.45) is 14.4. The van der Waals surface area contributed by atoms with E-state index in [1.165, 1.54) is 51.5 Å². The van der Waals surface area contributed by atoms with Crippen LogP contribution in [0.1, 0.15) is 85.5 Å². The highest BCUT2D eigenvalue weighted by molar-refractivity contribution is 7.83. The summed E-state index contributed by atoms with van der Waals surface area (Å²) in [4.78, 5) is 2.68. The highest BCUT2D eigenvalue weighted by atomic mass is 32.2. The Bertz CT molecular complexity index is 828. The van der Waals surface area contributed by atoms with Crippen LogP contribution in [-0.4, -0.2) is 58.6 Å². The van der Waals surface area contributed by atoms with Crippen LogP contribution in [0.15, 0.2) is 11.6 Å². The van der Waals surface area contributed by atoms with E-state index in [0.29, 0.717) is 22.8 Å².